The van der Waals surface area contributed by atoms with Crippen LogP contribution in [0.3, 0.4) is 0 Å². The number of carboxylic acid groups (broad SMARTS) is 1. The molecule has 1 aromatic heterocycles. The van der Waals surface area contributed by atoms with Gasteiger partial charge in [0.15, 0.2) is 0 Å². The van der Waals surface area contributed by atoms with Crippen LogP contribution in [-0.2, 0) is 6.54 Å². The van der Waals surface area contributed by atoms with Gasteiger partial charge in [0.05, 0.1) is 29.0 Å². The van der Waals surface area contributed by atoms with E-state index in [1.54, 1.807) is 18.5 Å². The maximum Gasteiger partial charge on any atom is 0.336 e. The Hall–Kier alpha value is -4.71. The summed E-state index contributed by atoms with van der Waals surface area (Å²) in [6.45, 7) is 6.92. The first kappa shape index (κ1) is 25.9. The molecule has 6 heteroatoms. The number of benzene rings is 4. The molecule has 1 unspecified atom stereocenters. The lowest BCUT2D eigenvalue weighted by atomic mass is 9.98. The number of rotatable bonds is 8. The van der Waals surface area contributed by atoms with Gasteiger partial charge in [-0.25, -0.2) is 9.78 Å². The monoisotopic (exact) mass is 517 g/mol. The van der Waals surface area contributed by atoms with E-state index < -0.39 is 5.97 Å². The lowest BCUT2D eigenvalue weighted by Gasteiger charge is -2.16. The second-order valence-electron chi connectivity index (χ2n) is 10.1. The van der Waals surface area contributed by atoms with Crippen LogP contribution in [0.5, 0.6) is 0 Å². The Bertz CT molecular complexity index is 1650. The van der Waals surface area contributed by atoms with E-state index in [1.807, 2.05) is 78.2 Å². The van der Waals surface area contributed by atoms with Crippen LogP contribution in [-0.4, -0.2) is 26.5 Å². The van der Waals surface area contributed by atoms with Gasteiger partial charge in [-0.3, -0.25) is 4.79 Å². The highest BCUT2D eigenvalue weighted by Gasteiger charge is 2.15. The number of nitrogens with zero attached hydrogens (tertiary/aromatic N) is 2. The van der Waals surface area contributed by atoms with Gasteiger partial charge in [0.2, 0.25) is 0 Å². The predicted octanol–water partition coefficient (Wildman–Crippen LogP) is 7.06. The summed E-state index contributed by atoms with van der Waals surface area (Å²) in [4.78, 5) is 29.1. The summed E-state index contributed by atoms with van der Waals surface area (Å²) in [7, 11) is 0. The Balaban J connectivity index is 1.30. The van der Waals surface area contributed by atoms with Crippen molar-refractivity contribution in [3.63, 3.8) is 0 Å². The summed E-state index contributed by atoms with van der Waals surface area (Å²) in [6.07, 6.45) is 1.78. The number of nitrogens with one attached hydrogen (secondary N) is 1. The number of aromatic nitrogens is 2. The summed E-state index contributed by atoms with van der Waals surface area (Å²) < 4.78 is 2.04. The molecular weight excluding hydrogens is 486 g/mol. The minimum absolute atomic E-state index is 0.116. The molecule has 1 heterocycles. The molecule has 4 aromatic carbocycles. The number of amides is 1. The third-order valence-electron chi connectivity index (χ3n) is 7.08. The fourth-order valence-electron chi connectivity index (χ4n) is 4.79. The molecule has 0 radical (unpaired) electrons. The maximum atomic E-state index is 13.0. The van der Waals surface area contributed by atoms with Gasteiger partial charge in [-0.1, -0.05) is 80.6 Å². The van der Waals surface area contributed by atoms with Gasteiger partial charge in [0.1, 0.15) is 0 Å². The Labute approximate surface area is 228 Å². The van der Waals surface area contributed by atoms with Crippen molar-refractivity contribution in [1.29, 1.82) is 0 Å². The second kappa shape index (κ2) is 11.0. The van der Waals surface area contributed by atoms with Crippen molar-refractivity contribution in [3.8, 4) is 11.1 Å². The zero-order valence-electron chi connectivity index (χ0n) is 22.3. The highest BCUT2D eigenvalue weighted by Crippen LogP contribution is 2.25. The Morgan fingerprint density at radius 2 is 1.62 bits per heavy atom. The molecule has 1 amide bonds. The van der Waals surface area contributed by atoms with Gasteiger partial charge in [-0.2, -0.15) is 0 Å². The van der Waals surface area contributed by atoms with E-state index in [1.165, 1.54) is 5.56 Å². The molecule has 196 valence electrons. The van der Waals surface area contributed by atoms with Gasteiger partial charge >= 0.3 is 5.97 Å². The molecule has 0 saturated heterocycles. The number of carboxylic acids is 1. The van der Waals surface area contributed by atoms with Crippen molar-refractivity contribution in [1.82, 2.24) is 14.9 Å². The van der Waals surface area contributed by atoms with Crippen LogP contribution < -0.4 is 5.32 Å². The minimum atomic E-state index is -0.942. The SMILES string of the molecule is CC(C)c1cccc(C(C)NC(=O)c2ccc3c(c2)ncn3Cc2ccc(-c3ccccc3C(=O)O)cc2)c1. The van der Waals surface area contributed by atoms with Gasteiger partial charge < -0.3 is 15.0 Å². The van der Waals surface area contributed by atoms with Crippen LogP contribution in [0, 0.1) is 0 Å². The largest absolute Gasteiger partial charge is 0.478 e. The average molecular weight is 518 g/mol. The Kier molecular flexibility index (Phi) is 7.28. The van der Waals surface area contributed by atoms with Crippen LogP contribution in [0.4, 0.5) is 0 Å². The first-order chi connectivity index (χ1) is 18.8. The second-order valence-corrected chi connectivity index (χ2v) is 10.1. The fourth-order valence-corrected chi connectivity index (χ4v) is 4.79. The smallest absolute Gasteiger partial charge is 0.336 e. The third kappa shape index (κ3) is 5.60. The molecule has 6 nitrogen and oxygen atoms in total. The first-order valence-electron chi connectivity index (χ1n) is 13.1. The average Bonchev–Trinajstić information content (AvgIpc) is 3.35. The first-order valence-corrected chi connectivity index (χ1v) is 13.1. The quantitative estimate of drug-likeness (QED) is 0.231. The van der Waals surface area contributed by atoms with E-state index >= 15 is 0 Å². The fraction of sp³-hybridized carbons (Fsp3) is 0.182. The number of hydrogen-bond donors (Lipinski definition) is 2. The van der Waals surface area contributed by atoms with E-state index in [4.69, 9.17) is 0 Å². The summed E-state index contributed by atoms with van der Waals surface area (Å²) in [5.41, 5.74) is 7.48. The van der Waals surface area contributed by atoms with Gasteiger partial charge in [0, 0.05) is 12.1 Å². The number of aromatic carboxylic acids is 1. The van der Waals surface area contributed by atoms with Crippen molar-refractivity contribution < 1.29 is 14.7 Å². The summed E-state index contributed by atoms with van der Waals surface area (Å²) in [5.74, 6) is -0.648. The molecule has 2 N–H and O–H groups in total. The van der Waals surface area contributed by atoms with Crippen molar-refractivity contribution in [2.45, 2.75) is 39.3 Å². The molecule has 0 fully saturated rings. The van der Waals surface area contributed by atoms with E-state index in [0.29, 0.717) is 23.6 Å². The molecule has 0 spiro atoms. The number of fused-ring (bicyclic) bond motifs is 1. The molecule has 5 aromatic rings. The molecule has 0 bridgehead atoms. The molecule has 39 heavy (non-hydrogen) atoms. The highest BCUT2D eigenvalue weighted by atomic mass is 16.4. The van der Waals surface area contributed by atoms with Crippen LogP contribution in [0.1, 0.15) is 70.1 Å². The van der Waals surface area contributed by atoms with Crippen molar-refractivity contribution in [2.75, 3.05) is 0 Å². The lowest BCUT2D eigenvalue weighted by Crippen LogP contribution is -2.26. The highest BCUT2D eigenvalue weighted by molar-refractivity contribution is 5.98. The van der Waals surface area contributed by atoms with E-state index in [9.17, 15) is 14.7 Å². The zero-order chi connectivity index (χ0) is 27.5. The van der Waals surface area contributed by atoms with E-state index in [-0.39, 0.29) is 17.5 Å². The van der Waals surface area contributed by atoms with Crippen LogP contribution in [0.25, 0.3) is 22.2 Å². The Morgan fingerprint density at radius 1 is 0.872 bits per heavy atom. The topological polar surface area (TPSA) is 84.2 Å². The molecule has 1 atom stereocenters. The molecule has 0 aliphatic carbocycles. The summed E-state index contributed by atoms with van der Waals surface area (Å²) >= 11 is 0. The number of imidazole rings is 1. The molecule has 5 rings (SSSR count). The van der Waals surface area contributed by atoms with Crippen molar-refractivity contribution in [2.24, 2.45) is 0 Å². The summed E-state index contributed by atoms with van der Waals surface area (Å²) in [5, 5.41) is 12.6. The third-order valence-corrected chi connectivity index (χ3v) is 7.08. The minimum Gasteiger partial charge on any atom is -0.478 e. The van der Waals surface area contributed by atoms with Gasteiger partial charge in [-0.15, -0.1) is 0 Å². The van der Waals surface area contributed by atoms with E-state index in [2.05, 4.69) is 36.3 Å². The molecule has 0 saturated carbocycles. The van der Waals surface area contributed by atoms with Crippen LogP contribution >= 0.6 is 0 Å². The van der Waals surface area contributed by atoms with Gasteiger partial charge in [0.25, 0.3) is 5.91 Å². The molecule has 0 aliphatic rings. The standard InChI is InChI=1S/C33H31N3O3/c1-21(2)25-7-6-8-26(17-25)22(3)35-32(37)27-15-16-31-30(18-27)34-20-36(31)19-23-11-13-24(14-12-23)28-9-4-5-10-29(28)33(38)39/h4-18,20-22H,19H2,1-3H3,(H,35,37)(H,38,39). The maximum absolute atomic E-state index is 13.0. The molecular formula is C33H31N3O3. The number of carbonyl (C=O) groups excluding carboxylic acids is 1. The zero-order valence-corrected chi connectivity index (χ0v) is 22.3. The van der Waals surface area contributed by atoms with Crippen LogP contribution in [0.2, 0.25) is 0 Å². The van der Waals surface area contributed by atoms with Crippen molar-refractivity contribution in [3.05, 3.63) is 125 Å². The molecule has 0 aliphatic heterocycles. The van der Waals surface area contributed by atoms with Crippen molar-refractivity contribution >= 4 is 22.9 Å². The van der Waals surface area contributed by atoms with E-state index in [0.717, 1.165) is 27.7 Å². The lowest BCUT2D eigenvalue weighted by molar-refractivity contribution is 0.0697. The van der Waals surface area contributed by atoms with Crippen LogP contribution in [0.15, 0.2) is 97.3 Å². The summed E-state index contributed by atoms with van der Waals surface area (Å²) in [6, 6.07) is 28.7. The van der Waals surface area contributed by atoms with Gasteiger partial charge in [-0.05, 0) is 64.9 Å². The normalized spacial score (nSPS) is 12.0. The number of carbonyl (C=O) groups is 2. The number of hydrogen-bond acceptors (Lipinski definition) is 3. The predicted molar refractivity (Wildman–Crippen MR) is 154 cm³/mol. The Morgan fingerprint density at radius 3 is 2.36 bits per heavy atom.